The van der Waals surface area contributed by atoms with Gasteiger partial charge in [-0.05, 0) is 25.7 Å². The van der Waals surface area contributed by atoms with E-state index in [1.807, 2.05) is 0 Å². The summed E-state index contributed by atoms with van der Waals surface area (Å²) in [5.74, 6) is 0.725. The van der Waals surface area contributed by atoms with Crippen LogP contribution in [0.2, 0.25) is 0 Å². The van der Waals surface area contributed by atoms with E-state index in [9.17, 15) is 4.79 Å². The number of unbranched alkanes of at least 4 members (excludes halogenated alkanes) is 1. The number of amides is 1. The van der Waals surface area contributed by atoms with Crippen LogP contribution < -0.4 is 10.6 Å². The number of likely N-dealkylation sites (N-methyl/N-ethyl adjacent to an activating group) is 1. The fourth-order valence-electron chi connectivity index (χ4n) is 2.61. The van der Waals surface area contributed by atoms with Crippen LogP contribution in [0.15, 0.2) is 4.99 Å². The van der Waals surface area contributed by atoms with Crippen LogP contribution in [0.3, 0.4) is 0 Å². The third kappa shape index (κ3) is 12.4. The third-order valence-electron chi connectivity index (χ3n) is 4.21. The summed E-state index contributed by atoms with van der Waals surface area (Å²) in [5.41, 5.74) is 0. The molecule has 1 saturated carbocycles. The Kier molecular flexibility index (Phi) is 15.3. The minimum absolute atomic E-state index is 0. The second kappa shape index (κ2) is 15.7. The highest BCUT2D eigenvalue weighted by Gasteiger charge is 2.13. The van der Waals surface area contributed by atoms with Crippen molar-refractivity contribution in [2.75, 3.05) is 40.3 Å². The zero-order valence-electron chi connectivity index (χ0n) is 16.2. The second-order valence-corrected chi connectivity index (χ2v) is 6.64. The largest absolute Gasteiger partial charge is 0.378 e. The molecule has 0 aromatic rings. The van der Waals surface area contributed by atoms with Crippen LogP contribution in [-0.4, -0.2) is 63.2 Å². The van der Waals surface area contributed by atoms with Gasteiger partial charge in [0.25, 0.3) is 0 Å². The van der Waals surface area contributed by atoms with E-state index >= 15 is 0 Å². The Morgan fingerprint density at radius 2 is 1.76 bits per heavy atom. The molecule has 2 N–H and O–H groups in total. The number of carbonyl (C=O) groups excluding carboxylic acids is 1. The van der Waals surface area contributed by atoms with Crippen LogP contribution in [0.4, 0.5) is 0 Å². The Balaban J connectivity index is 0.00000576. The lowest BCUT2D eigenvalue weighted by atomic mass is 9.98. The number of nitrogens with one attached hydrogen (secondary N) is 2. The molecule has 0 aromatic carbocycles. The van der Waals surface area contributed by atoms with Crippen molar-refractivity contribution in [3.05, 3.63) is 0 Å². The van der Waals surface area contributed by atoms with Crippen molar-refractivity contribution in [3.63, 3.8) is 0 Å². The van der Waals surface area contributed by atoms with Gasteiger partial charge >= 0.3 is 0 Å². The molecule has 1 rings (SSSR count). The number of carbonyl (C=O) groups is 1. The summed E-state index contributed by atoms with van der Waals surface area (Å²) in [7, 11) is 3.50. The molecule has 7 heteroatoms. The highest BCUT2D eigenvalue weighted by molar-refractivity contribution is 14.0. The summed E-state index contributed by atoms with van der Waals surface area (Å²) in [6.45, 7) is 4.80. The molecule has 0 radical (unpaired) electrons. The van der Waals surface area contributed by atoms with E-state index in [-0.39, 0.29) is 36.4 Å². The molecule has 0 heterocycles. The SMILES string of the molecule is CCCCNC(=NCC(=O)N(C)C)NCCCOC1CCCCC1.I. The van der Waals surface area contributed by atoms with E-state index in [1.54, 1.807) is 19.0 Å². The Morgan fingerprint density at radius 3 is 2.36 bits per heavy atom. The summed E-state index contributed by atoms with van der Waals surface area (Å²) < 4.78 is 5.93. The molecule has 148 valence electrons. The smallest absolute Gasteiger partial charge is 0.243 e. The molecule has 1 aliphatic rings. The molecule has 6 nitrogen and oxygen atoms in total. The van der Waals surface area contributed by atoms with Gasteiger partial charge in [-0.2, -0.15) is 0 Å². The van der Waals surface area contributed by atoms with Crippen molar-refractivity contribution in [2.24, 2.45) is 4.99 Å². The van der Waals surface area contributed by atoms with E-state index in [4.69, 9.17) is 4.74 Å². The Hall–Kier alpha value is -0.570. The fourth-order valence-corrected chi connectivity index (χ4v) is 2.61. The molecule has 1 fully saturated rings. The molecule has 1 aliphatic carbocycles. The zero-order chi connectivity index (χ0) is 17.6. The van der Waals surface area contributed by atoms with Gasteiger partial charge in [-0.3, -0.25) is 4.79 Å². The van der Waals surface area contributed by atoms with Gasteiger partial charge in [0.1, 0.15) is 6.54 Å². The van der Waals surface area contributed by atoms with Crippen molar-refractivity contribution < 1.29 is 9.53 Å². The number of hydrogen-bond donors (Lipinski definition) is 2. The van der Waals surface area contributed by atoms with Crippen LogP contribution in [0, 0.1) is 0 Å². The molecule has 0 aliphatic heterocycles. The van der Waals surface area contributed by atoms with Crippen molar-refractivity contribution in [1.82, 2.24) is 15.5 Å². The highest BCUT2D eigenvalue weighted by Crippen LogP contribution is 2.20. The standard InChI is InChI=1S/C18H36N4O2.HI/c1-4-5-12-19-18(21-15-17(23)22(2)3)20-13-9-14-24-16-10-7-6-8-11-16;/h16H,4-15H2,1-3H3,(H2,19,20,21);1H. The van der Waals surface area contributed by atoms with Crippen molar-refractivity contribution >= 4 is 35.8 Å². The Bertz CT molecular complexity index is 372. The predicted octanol–water partition coefficient (Wildman–Crippen LogP) is 2.77. The van der Waals surface area contributed by atoms with Gasteiger partial charge in [0, 0.05) is 33.8 Å². The van der Waals surface area contributed by atoms with Crippen LogP contribution in [0.25, 0.3) is 0 Å². The fraction of sp³-hybridized carbons (Fsp3) is 0.889. The third-order valence-corrected chi connectivity index (χ3v) is 4.21. The van der Waals surface area contributed by atoms with Crippen molar-refractivity contribution in [2.45, 2.75) is 64.4 Å². The summed E-state index contributed by atoms with van der Waals surface area (Å²) in [6.07, 6.45) is 10.0. The molecular weight excluding hydrogens is 431 g/mol. The normalized spacial score (nSPS) is 15.4. The van der Waals surface area contributed by atoms with E-state index in [2.05, 4.69) is 22.5 Å². The van der Waals surface area contributed by atoms with Crippen LogP contribution in [0.5, 0.6) is 0 Å². The average Bonchev–Trinajstić information content (AvgIpc) is 2.59. The molecule has 0 unspecified atom stereocenters. The monoisotopic (exact) mass is 468 g/mol. The average molecular weight is 468 g/mol. The first-order chi connectivity index (χ1) is 11.6. The summed E-state index contributed by atoms with van der Waals surface area (Å²) in [5, 5.41) is 6.58. The molecule has 0 saturated heterocycles. The number of ether oxygens (including phenoxy) is 1. The van der Waals surface area contributed by atoms with Crippen molar-refractivity contribution in [1.29, 1.82) is 0 Å². The minimum Gasteiger partial charge on any atom is -0.378 e. The van der Waals surface area contributed by atoms with Gasteiger partial charge in [0.05, 0.1) is 6.10 Å². The number of guanidine groups is 1. The van der Waals surface area contributed by atoms with E-state index in [1.165, 1.54) is 32.1 Å². The van der Waals surface area contributed by atoms with E-state index < -0.39 is 0 Å². The van der Waals surface area contributed by atoms with Crippen LogP contribution in [-0.2, 0) is 9.53 Å². The molecule has 1 amide bonds. The summed E-state index contributed by atoms with van der Waals surface area (Å²) in [6, 6.07) is 0. The number of nitrogens with zero attached hydrogens (tertiary/aromatic N) is 2. The van der Waals surface area contributed by atoms with Crippen LogP contribution >= 0.6 is 24.0 Å². The quantitative estimate of drug-likeness (QED) is 0.224. The number of halogens is 1. The molecule has 25 heavy (non-hydrogen) atoms. The second-order valence-electron chi connectivity index (χ2n) is 6.64. The molecule has 0 spiro atoms. The topological polar surface area (TPSA) is 66.0 Å². The maximum atomic E-state index is 11.7. The van der Waals surface area contributed by atoms with Gasteiger partial charge in [0.15, 0.2) is 5.96 Å². The molecule has 0 atom stereocenters. The van der Waals surface area contributed by atoms with Gasteiger partial charge in [-0.25, -0.2) is 4.99 Å². The minimum atomic E-state index is 0. The Labute approximate surface area is 170 Å². The Morgan fingerprint density at radius 1 is 1.12 bits per heavy atom. The van der Waals surface area contributed by atoms with E-state index in [0.717, 1.165) is 44.9 Å². The first kappa shape index (κ1) is 24.4. The van der Waals surface area contributed by atoms with Gasteiger partial charge in [-0.1, -0.05) is 32.6 Å². The number of hydrogen-bond acceptors (Lipinski definition) is 3. The predicted molar refractivity (Wildman–Crippen MR) is 115 cm³/mol. The van der Waals surface area contributed by atoms with Crippen LogP contribution in [0.1, 0.15) is 58.3 Å². The van der Waals surface area contributed by atoms with E-state index in [0.29, 0.717) is 6.10 Å². The summed E-state index contributed by atoms with van der Waals surface area (Å²) in [4.78, 5) is 17.6. The highest BCUT2D eigenvalue weighted by atomic mass is 127. The lowest BCUT2D eigenvalue weighted by Crippen LogP contribution is -2.39. The number of rotatable bonds is 10. The number of aliphatic imine (C=N–C) groups is 1. The molecular formula is C18H37IN4O2. The molecule has 0 bridgehead atoms. The van der Waals surface area contributed by atoms with Gasteiger partial charge in [0.2, 0.25) is 5.91 Å². The lowest BCUT2D eigenvalue weighted by Gasteiger charge is -2.22. The van der Waals surface area contributed by atoms with Gasteiger partial charge < -0.3 is 20.3 Å². The maximum absolute atomic E-state index is 11.7. The zero-order valence-corrected chi connectivity index (χ0v) is 18.5. The maximum Gasteiger partial charge on any atom is 0.243 e. The first-order valence-corrected chi connectivity index (χ1v) is 9.47. The molecule has 0 aromatic heterocycles. The summed E-state index contributed by atoms with van der Waals surface area (Å²) >= 11 is 0. The first-order valence-electron chi connectivity index (χ1n) is 9.47. The van der Waals surface area contributed by atoms with Crippen molar-refractivity contribution in [3.8, 4) is 0 Å². The lowest BCUT2D eigenvalue weighted by molar-refractivity contribution is -0.127. The van der Waals surface area contributed by atoms with Gasteiger partial charge in [-0.15, -0.1) is 24.0 Å².